The molecule has 30 heavy (non-hydrogen) atoms. The number of fused-ring (bicyclic) bond motifs is 4. The van der Waals surface area contributed by atoms with E-state index in [2.05, 4.69) is 20.6 Å². The number of pyridine rings is 1. The summed E-state index contributed by atoms with van der Waals surface area (Å²) in [5.41, 5.74) is 4.24. The lowest BCUT2D eigenvalue weighted by molar-refractivity contribution is -0.110. The van der Waals surface area contributed by atoms with Gasteiger partial charge in [-0.1, -0.05) is 0 Å². The van der Waals surface area contributed by atoms with Gasteiger partial charge in [0.25, 0.3) is 11.8 Å². The van der Waals surface area contributed by atoms with Crippen LogP contribution >= 0.6 is 0 Å². The van der Waals surface area contributed by atoms with Crippen molar-refractivity contribution < 1.29 is 18.7 Å². The van der Waals surface area contributed by atoms with Crippen molar-refractivity contribution in [2.75, 3.05) is 18.5 Å². The predicted molar refractivity (Wildman–Crippen MR) is 109 cm³/mol. The second-order valence-electron chi connectivity index (χ2n) is 7.13. The van der Waals surface area contributed by atoms with E-state index in [1.807, 2.05) is 6.92 Å². The molecule has 3 aromatic rings. The number of carbonyl (C=O) groups is 2. The first kappa shape index (κ1) is 18.1. The minimum Gasteiger partial charge on any atom is -0.491 e. The van der Waals surface area contributed by atoms with Crippen molar-refractivity contribution in [1.82, 2.24) is 15.3 Å². The number of aromatic amines is 1. The molecule has 2 aliphatic rings. The Bertz CT molecular complexity index is 1250. The average molecular weight is 404 g/mol. The zero-order chi connectivity index (χ0) is 20.8. The molecule has 4 heterocycles. The lowest BCUT2D eigenvalue weighted by Crippen LogP contribution is -2.28. The van der Waals surface area contributed by atoms with Crippen molar-refractivity contribution in [3.63, 3.8) is 0 Å². The highest BCUT2D eigenvalue weighted by Crippen LogP contribution is 2.36. The number of benzene rings is 1. The highest BCUT2D eigenvalue weighted by atomic mass is 19.1. The predicted octanol–water partition coefficient (Wildman–Crippen LogP) is 3.14. The number of aromatic nitrogens is 2. The van der Waals surface area contributed by atoms with Gasteiger partial charge in [0.2, 0.25) is 0 Å². The lowest BCUT2D eigenvalue weighted by atomic mass is 10.1. The highest BCUT2D eigenvalue weighted by Gasteiger charge is 2.28. The Morgan fingerprint density at radius 1 is 1.07 bits per heavy atom. The second-order valence-corrected chi connectivity index (χ2v) is 7.13. The molecule has 0 unspecified atom stereocenters. The number of H-pyrrole nitrogens is 1. The largest absolute Gasteiger partial charge is 0.491 e. The summed E-state index contributed by atoms with van der Waals surface area (Å²) in [6, 6.07) is 9.42. The number of carbonyl (C=O) groups excluding carboxylic acids is 2. The van der Waals surface area contributed by atoms with Crippen LogP contribution in [-0.2, 0) is 4.79 Å². The molecule has 0 radical (unpaired) electrons. The Labute approximate surface area is 171 Å². The van der Waals surface area contributed by atoms with Crippen LogP contribution in [0.3, 0.4) is 0 Å². The van der Waals surface area contributed by atoms with E-state index in [1.54, 1.807) is 30.3 Å². The highest BCUT2D eigenvalue weighted by molar-refractivity contribution is 6.34. The number of aryl methyl sites for hydroxylation is 1. The Morgan fingerprint density at radius 2 is 1.93 bits per heavy atom. The van der Waals surface area contributed by atoms with Gasteiger partial charge in [-0.05, 0) is 43.3 Å². The lowest BCUT2D eigenvalue weighted by Gasteiger charge is -2.13. The summed E-state index contributed by atoms with van der Waals surface area (Å²) in [6.45, 7) is 2.22. The molecule has 0 saturated heterocycles. The molecule has 2 bridgehead atoms. The van der Waals surface area contributed by atoms with Crippen LogP contribution in [0, 0.1) is 12.7 Å². The molecule has 8 heteroatoms. The fraction of sp³-hybridized carbons (Fsp3) is 0.136. The average Bonchev–Trinajstić information content (AvgIpc) is 3.24. The molecule has 3 N–H and O–H groups in total. The molecular weight excluding hydrogens is 387 g/mol. The van der Waals surface area contributed by atoms with Crippen LogP contribution in [-0.4, -0.2) is 34.9 Å². The molecule has 5 rings (SSSR count). The van der Waals surface area contributed by atoms with Gasteiger partial charge in [0.1, 0.15) is 23.9 Å². The van der Waals surface area contributed by atoms with Crippen molar-refractivity contribution in [3.05, 3.63) is 64.9 Å². The molecule has 1 aromatic carbocycles. The number of anilines is 1. The van der Waals surface area contributed by atoms with Crippen molar-refractivity contribution in [3.8, 4) is 17.0 Å². The molecule has 150 valence electrons. The van der Waals surface area contributed by atoms with Crippen LogP contribution in [0.1, 0.15) is 27.4 Å². The van der Waals surface area contributed by atoms with E-state index in [4.69, 9.17) is 4.74 Å². The third-order valence-electron chi connectivity index (χ3n) is 5.02. The summed E-state index contributed by atoms with van der Waals surface area (Å²) < 4.78 is 19.6. The zero-order valence-corrected chi connectivity index (χ0v) is 16.0. The number of nitrogens with zero attached hydrogens (tertiary/aromatic N) is 1. The second kappa shape index (κ2) is 6.84. The standard InChI is InChI=1S/C22H17FN4O3/c1-11-8-14-18(25-11)10-15-20-17(27-22(15)29)5-4-16(26-20)13-3-2-12(23)9-19(13)30-7-6-24-21(14)28/h2-5,8-10,25H,6-7H2,1H3,(H,24,28)(H,27,29)/b15-10-. The van der Waals surface area contributed by atoms with Gasteiger partial charge in [-0.15, -0.1) is 0 Å². The number of rotatable bonds is 0. The van der Waals surface area contributed by atoms with Gasteiger partial charge in [-0.3, -0.25) is 9.59 Å². The first-order valence-electron chi connectivity index (χ1n) is 9.44. The Balaban J connectivity index is 1.73. The van der Waals surface area contributed by atoms with Crippen molar-refractivity contribution >= 4 is 29.2 Å². The smallest absolute Gasteiger partial charge is 0.258 e. The fourth-order valence-electron chi connectivity index (χ4n) is 3.65. The zero-order valence-electron chi connectivity index (χ0n) is 16.0. The third kappa shape index (κ3) is 3.02. The van der Waals surface area contributed by atoms with E-state index >= 15 is 0 Å². The molecule has 0 atom stereocenters. The van der Waals surface area contributed by atoms with E-state index in [9.17, 15) is 14.0 Å². The van der Waals surface area contributed by atoms with E-state index in [0.29, 0.717) is 45.2 Å². The Morgan fingerprint density at radius 3 is 2.80 bits per heavy atom. The number of ether oxygens (including phenoxy) is 1. The molecule has 0 saturated carbocycles. The van der Waals surface area contributed by atoms with E-state index in [0.717, 1.165) is 5.69 Å². The van der Waals surface area contributed by atoms with Crippen LogP contribution in [0.25, 0.3) is 22.9 Å². The maximum absolute atomic E-state index is 13.8. The van der Waals surface area contributed by atoms with E-state index < -0.39 is 5.82 Å². The molecule has 2 aliphatic heterocycles. The number of halogens is 1. The normalized spacial score (nSPS) is 16.9. The van der Waals surface area contributed by atoms with Gasteiger partial charge >= 0.3 is 0 Å². The molecule has 0 aliphatic carbocycles. The molecule has 0 fully saturated rings. The molecule has 2 aromatic heterocycles. The van der Waals surface area contributed by atoms with Gasteiger partial charge in [-0.2, -0.15) is 0 Å². The Kier molecular flexibility index (Phi) is 4.13. The minimum atomic E-state index is -0.440. The number of hydrogen-bond acceptors (Lipinski definition) is 4. The molecule has 2 amide bonds. The van der Waals surface area contributed by atoms with Gasteiger partial charge in [0.05, 0.1) is 34.8 Å². The van der Waals surface area contributed by atoms with Crippen molar-refractivity contribution in [2.24, 2.45) is 0 Å². The number of amides is 2. The molecular formula is C22H17FN4O3. The van der Waals surface area contributed by atoms with Gasteiger partial charge in [0.15, 0.2) is 0 Å². The maximum atomic E-state index is 13.8. The maximum Gasteiger partial charge on any atom is 0.258 e. The third-order valence-corrected chi connectivity index (χ3v) is 5.02. The summed E-state index contributed by atoms with van der Waals surface area (Å²) >= 11 is 0. The fourth-order valence-corrected chi connectivity index (χ4v) is 3.65. The van der Waals surface area contributed by atoms with Crippen LogP contribution < -0.4 is 15.4 Å². The summed E-state index contributed by atoms with van der Waals surface area (Å²) in [5, 5.41) is 5.58. The topological polar surface area (TPSA) is 96.1 Å². The Hall–Kier alpha value is -3.94. The minimum absolute atomic E-state index is 0.160. The summed E-state index contributed by atoms with van der Waals surface area (Å²) in [6.07, 6.45) is 1.63. The van der Waals surface area contributed by atoms with Gasteiger partial charge < -0.3 is 20.4 Å². The molecule has 7 nitrogen and oxygen atoms in total. The first-order valence-corrected chi connectivity index (χ1v) is 9.44. The quantitative estimate of drug-likeness (QED) is 0.536. The van der Waals surface area contributed by atoms with Crippen LogP contribution in [0.4, 0.5) is 10.1 Å². The van der Waals surface area contributed by atoms with E-state index in [1.165, 1.54) is 12.1 Å². The summed E-state index contributed by atoms with van der Waals surface area (Å²) in [4.78, 5) is 33.1. The SMILES string of the molecule is Cc1cc2c([nH]1)/C=C1\C(=O)Nc3ccc(nc31)-c1ccc(F)cc1OCCNC2=O. The molecule has 0 spiro atoms. The van der Waals surface area contributed by atoms with E-state index in [-0.39, 0.29) is 25.0 Å². The monoisotopic (exact) mass is 404 g/mol. The summed E-state index contributed by atoms with van der Waals surface area (Å²) in [7, 11) is 0. The van der Waals surface area contributed by atoms with Crippen LogP contribution in [0.2, 0.25) is 0 Å². The van der Waals surface area contributed by atoms with Crippen molar-refractivity contribution in [2.45, 2.75) is 6.92 Å². The van der Waals surface area contributed by atoms with Crippen LogP contribution in [0.5, 0.6) is 5.75 Å². The van der Waals surface area contributed by atoms with Crippen LogP contribution in [0.15, 0.2) is 36.4 Å². The first-order chi connectivity index (χ1) is 14.5. The summed E-state index contributed by atoms with van der Waals surface area (Å²) in [5.74, 6) is -0.734. The van der Waals surface area contributed by atoms with Crippen molar-refractivity contribution in [1.29, 1.82) is 0 Å². The van der Waals surface area contributed by atoms with Gasteiger partial charge in [-0.25, -0.2) is 9.37 Å². The van der Waals surface area contributed by atoms with Gasteiger partial charge in [0, 0.05) is 17.3 Å². The number of nitrogens with one attached hydrogen (secondary N) is 3. The number of hydrogen-bond donors (Lipinski definition) is 3.